The maximum atomic E-state index is 13.9. The molecule has 1 aromatic heterocycles. The summed E-state index contributed by atoms with van der Waals surface area (Å²) in [5.74, 6) is -1.37. The van der Waals surface area contributed by atoms with Gasteiger partial charge in [0.1, 0.15) is 17.3 Å². The lowest BCUT2D eigenvalue weighted by atomic mass is 10.2. The lowest BCUT2D eigenvalue weighted by molar-refractivity contribution is 0.0383. The number of amides is 2. The number of hydrogen-bond acceptors (Lipinski definition) is 4. The summed E-state index contributed by atoms with van der Waals surface area (Å²) in [5.41, 5.74) is 2.80. The molecule has 0 radical (unpaired) electrons. The van der Waals surface area contributed by atoms with Crippen molar-refractivity contribution >= 4 is 28.4 Å². The largest absolute Gasteiger partial charge is 0.379 e. The third-order valence-electron chi connectivity index (χ3n) is 6.55. The SMILES string of the molecule is O=C(Nc1ccc2c(c1)cc(C(=O)NCCN1CCOCC1)n2Cc1cccc(F)c1)c1ccc(F)cc1. The number of nitrogens with one attached hydrogen (secondary N) is 2. The van der Waals surface area contributed by atoms with Gasteiger partial charge in [-0.15, -0.1) is 0 Å². The van der Waals surface area contributed by atoms with Crippen LogP contribution in [0, 0.1) is 11.6 Å². The summed E-state index contributed by atoms with van der Waals surface area (Å²) in [6.07, 6.45) is 0. The highest BCUT2D eigenvalue weighted by atomic mass is 19.1. The van der Waals surface area contributed by atoms with E-state index in [0.717, 1.165) is 36.1 Å². The summed E-state index contributed by atoms with van der Waals surface area (Å²) in [6.45, 7) is 4.56. The Morgan fingerprint density at radius 1 is 0.868 bits per heavy atom. The standard InChI is InChI=1S/C29H28F2N4O3/c30-23-6-4-21(5-7-23)28(36)33-25-8-9-26-22(17-25)18-27(35(26)19-20-2-1-3-24(31)16-20)29(37)32-10-11-34-12-14-38-15-13-34/h1-9,16-18H,10-15,19H2,(H,32,37)(H,33,36). The summed E-state index contributed by atoms with van der Waals surface area (Å²) < 4.78 is 34.3. The molecule has 2 heterocycles. The van der Waals surface area contributed by atoms with Gasteiger partial charge in [-0.1, -0.05) is 12.1 Å². The maximum Gasteiger partial charge on any atom is 0.267 e. The minimum absolute atomic E-state index is 0.234. The molecular weight excluding hydrogens is 490 g/mol. The van der Waals surface area contributed by atoms with Crippen LogP contribution in [0.2, 0.25) is 0 Å². The first-order valence-electron chi connectivity index (χ1n) is 12.5. The van der Waals surface area contributed by atoms with Gasteiger partial charge in [-0.05, 0) is 66.2 Å². The number of benzene rings is 3. The number of hydrogen-bond donors (Lipinski definition) is 2. The van der Waals surface area contributed by atoms with Crippen LogP contribution >= 0.6 is 0 Å². The topological polar surface area (TPSA) is 75.6 Å². The van der Waals surface area contributed by atoms with Crippen LogP contribution in [0.4, 0.5) is 14.5 Å². The number of carbonyl (C=O) groups is 2. The van der Waals surface area contributed by atoms with Gasteiger partial charge in [0, 0.05) is 54.9 Å². The van der Waals surface area contributed by atoms with Gasteiger partial charge in [0.25, 0.3) is 11.8 Å². The van der Waals surface area contributed by atoms with E-state index in [4.69, 9.17) is 4.74 Å². The summed E-state index contributed by atoms with van der Waals surface area (Å²) in [7, 11) is 0. The van der Waals surface area contributed by atoms with E-state index in [9.17, 15) is 18.4 Å². The van der Waals surface area contributed by atoms with Crippen LogP contribution in [0.15, 0.2) is 72.8 Å². The lowest BCUT2D eigenvalue weighted by Gasteiger charge is -2.26. The zero-order chi connectivity index (χ0) is 26.5. The van der Waals surface area contributed by atoms with Crippen LogP contribution in [-0.2, 0) is 11.3 Å². The first kappa shape index (κ1) is 25.6. The number of fused-ring (bicyclic) bond motifs is 1. The molecule has 0 saturated carbocycles. The van der Waals surface area contributed by atoms with E-state index in [1.54, 1.807) is 24.3 Å². The molecule has 1 aliphatic heterocycles. The minimum atomic E-state index is -0.418. The van der Waals surface area contributed by atoms with Crippen LogP contribution < -0.4 is 10.6 Å². The fourth-order valence-electron chi connectivity index (χ4n) is 4.57. The number of morpholine rings is 1. The summed E-state index contributed by atoms with van der Waals surface area (Å²) in [4.78, 5) is 28.1. The van der Waals surface area contributed by atoms with E-state index in [-0.39, 0.29) is 17.6 Å². The molecule has 1 fully saturated rings. The third kappa shape index (κ3) is 6.07. The molecule has 9 heteroatoms. The Morgan fingerprint density at radius 3 is 2.42 bits per heavy atom. The maximum absolute atomic E-state index is 13.9. The molecule has 3 aromatic carbocycles. The van der Waals surface area contributed by atoms with Crippen LogP contribution in [-0.4, -0.2) is 60.7 Å². The normalized spacial score (nSPS) is 13.9. The van der Waals surface area contributed by atoms with Crippen LogP contribution in [0.5, 0.6) is 0 Å². The molecule has 0 atom stereocenters. The highest BCUT2D eigenvalue weighted by molar-refractivity contribution is 6.06. The van der Waals surface area contributed by atoms with Crippen molar-refractivity contribution in [2.24, 2.45) is 0 Å². The molecule has 0 bridgehead atoms. The Morgan fingerprint density at radius 2 is 1.66 bits per heavy atom. The Labute approximate surface area is 219 Å². The van der Waals surface area contributed by atoms with E-state index in [1.807, 2.05) is 16.7 Å². The Bertz CT molecular complexity index is 1450. The molecule has 0 unspecified atom stereocenters. The van der Waals surface area contributed by atoms with Gasteiger partial charge in [-0.2, -0.15) is 0 Å². The van der Waals surface area contributed by atoms with Gasteiger partial charge in [0.15, 0.2) is 0 Å². The van der Waals surface area contributed by atoms with Gasteiger partial charge >= 0.3 is 0 Å². The highest BCUT2D eigenvalue weighted by Gasteiger charge is 2.18. The Hall–Kier alpha value is -4.08. The molecule has 2 amide bonds. The molecule has 1 saturated heterocycles. The fourth-order valence-corrected chi connectivity index (χ4v) is 4.57. The van der Waals surface area contributed by atoms with Crippen molar-refractivity contribution in [1.29, 1.82) is 0 Å². The number of carbonyl (C=O) groups excluding carboxylic acids is 2. The smallest absolute Gasteiger partial charge is 0.267 e. The van der Waals surface area contributed by atoms with E-state index < -0.39 is 5.82 Å². The van der Waals surface area contributed by atoms with E-state index >= 15 is 0 Å². The number of halogens is 2. The molecule has 5 rings (SSSR count). The number of anilines is 1. The van der Waals surface area contributed by atoms with Gasteiger partial charge in [0.05, 0.1) is 13.2 Å². The lowest BCUT2D eigenvalue weighted by Crippen LogP contribution is -2.41. The van der Waals surface area contributed by atoms with Gasteiger partial charge in [-0.3, -0.25) is 14.5 Å². The quantitative estimate of drug-likeness (QED) is 0.365. The number of rotatable bonds is 8. The fraction of sp³-hybridized carbons (Fsp3) is 0.241. The van der Waals surface area contributed by atoms with E-state index in [0.29, 0.717) is 43.2 Å². The number of nitrogens with zero attached hydrogens (tertiary/aromatic N) is 2. The zero-order valence-electron chi connectivity index (χ0n) is 20.8. The van der Waals surface area contributed by atoms with E-state index in [2.05, 4.69) is 15.5 Å². The molecule has 2 N–H and O–H groups in total. The van der Waals surface area contributed by atoms with Gasteiger partial charge in [0.2, 0.25) is 0 Å². The average molecular weight is 519 g/mol. The van der Waals surface area contributed by atoms with Crippen molar-refractivity contribution in [2.75, 3.05) is 44.7 Å². The van der Waals surface area contributed by atoms with Crippen LogP contribution in [0.1, 0.15) is 26.4 Å². The van der Waals surface area contributed by atoms with Gasteiger partial charge < -0.3 is 19.9 Å². The van der Waals surface area contributed by atoms with Gasteiger partial charge in [-0.25, -0.2) is 8.78 Å². The van der Waals surface area contributed by atoms with Crippen molar-refractivity contribution in [3.8, 4) is 0 Å². The van der Waals surface area contributed by atoms with Crippen molar-refractivity contribution in [3.63, 3.8) is 0 Å². The minimum Gasteiger partial charge on any atom is -0.379 e. The Kier molecular flexibility index (Phi) is 7.76. The molecule has 0 aliphatic carbocycles. The number of ether oxygens (including phenoxy) is 1. The molecular formula is C29H28F2N4O3. The zero-order valence-corrected chi connectivity index (χ0v) is 20.8. The molecule has 4 aromatic rings. The molecule has 0 spiro atoms. The van der Waals surface area contributed by atoms with Crippen molar-refractivity contribution in [1.82, 2.24) is 14.8 Å². The second kappa shape index (κ2) is 11.5. The molecule has 196 valence electrons. The van der Waals surface area contributed by atoms with Crippen molar-refractivity contribution < 1.29 is 23.1 Å². The monoisotopic (exact) mass is 518 g/mol. The number of aromatic nitrogens is 1. The molecule has 1 aliphatic rings. The molecule has 7 nitrogen and oxygen atoms in total. The second-order valence-corrected chi connectivity index (χ2v) is 9.19. The summed E-state index contributed by atoms with van der Waals surface area (Å²) in [6, 6.07) is 18.7. The van der Waals surface area contributed by atoms with Crippen LogP contribution in [0.3, 0.4) is 0 Å². The first-order valence-corrected chi connectivity index (χ1v) is 12.5. The summed E-state index contributed by atoms with van der Waals surface area (Å²) in [5, 5.41) is 6.57. The predicted octanol–water partition coefficient (Wildman–Crippen LogP) is 4.28. The van der Waals surface area contributed by atoms with Crippen molar-refractivity contribution in [2.45, 2.75) is 6.54 Å². The average Bonchev–Trinajstić information content (AvgIpc) is 3.27. The second-order valence-electron chi connectivity index (χ2n) is 9.19. The highest BCUT2D eigenvalue weighted by Crippen LogP contribution is 2.25. The van der Waals surface area contributed by atoms with E-state index in [1.165, 1.54) is 36.4 Å². The Balaban J connectivity index is 1.39. The third-order valence-corrected chi connectivity index (χ3v) is 6.55. The summed E-state index contributed by atoms with van der Waals surface area (Å²) >= 11 is 0. The predicted molar refractivity (Wildman–Crippen MR) is 141 cm³/mol. The molecule has 38 heavy (non-hydrogen) atoms. The van der Waals surface area contributed by atoms with Crippen LogP contribution in [0.25, 0.3) is 10.9 Å². The first-order chi connectivity index (χ1) is 18.5. The van der Waals surface area contributed by atoms with Crippen molar-refractivity contribution in [3.05, 3.63) is 101 Å².